The minimum Gasteiger partial charge on any atom is -0.342 e. The van der Waals surface area contributed by atoms with Gasteiger partial charge in [-0.15, -0.1) is 0 Å². The second-order valence-electron chi connectivity index (χ2n) is 3.85. The summed E-state index contributed by atoms with van der Waals surface area (Å²) in [5, 5.41) is 0. The Bertz CT molecular complexity index is 181. The molecule has 2 N–H and O–H groups in total. The Balaban J connectivity index is 2.41. The van der Waals surface area contributed by atoms with Crippen LogP contribution in [-0.2, 0) is 4.79 Å². The molecule has 12 heavy (non-hydrogen) atoms. The maximum Gasteiger partial charge on any atom is 0.225 e. The van der Waals surface area contributed by atoms with Crippen LogP contribution >= 0.6 is 0 Å². The first-order valence-electron chi connectivity index (χ1n) is 4.54. The molecule has 3 atom stereocenters. The van der Waals surface area contributed by atoms with E-state index in [1.807, 2.05) is 14.0 Å². The van der Waals surface area contributed by atoms with Crippen molar-refractivity contribution < 1.29 is 4.79 Å². The van der Waals surface area contributed by atoms with Gasteiger partial charge in [-0.2, -0.15) is 0 Å². The number of carbonyl (C=O) groups is 1. The van der Waals surface area contributed by atoms with Gasteiger partial charge in [-0.25, -0.2) is 0 Å². The zero-order valence-corrected chi connectivity index (χ0v) is 8.08. The highest BCUT2D eigenvalue weighted by Crippen LogP contribution is 2.39. The van der Waals surface area contributed by atoms with Crippen LogP contribution in [0.1, 0.15) is 20.3 Å². The fourth-order valence-electron chi connectivity index (χ4n) is 1.30. The molecular weight excluding hydrogens is 152 g/mol. The lowest BCUT2D eigenvalue weighted by molar-refractivity contribution is -0.133. The largest absolute Gasteiger partial charge is 0.342 e. The van der Waals surface area contributed by atoms with Crippen molar-refractivity contribution in [3.8, 4) is 0 Å². The Morgan fingerprint density at radius 1 is 1.75 bits per heavy atom. The standard InChI is InChI=1S/C9H18N2O/c1-6-4-8(6)9(12)11(3)7(2)5-10/h6-8H,4-5,10H2,1-3H3. The number of hydrogen-bond acceptors (Lipinski definition) is 2. The van der Waals surface area contributed by atoms with Gasteiger partial charge < -0.3 is 10.6 Å². The highest BCUT2D eigenvalue weighted by Gasteiger charge is 2.41. The van der Waals surface area contributed by atoms with E-state index in [9.17, 15) is 4.79 Å². The first kappa shape index (κ1) is 9.52. The Kier molecular flexibility index (Phi) is 2.73. The molecule has 1 saturated carbocycles. The zero-order valence-electron chi connectivity index (χ0n) is 8.08. The van der Waals surface area contributed by atoms with E-state index in [0.717, 1.165) is 6.42 Å². The number of nitrogens with zero attached hydrogens (tertiary/aromatic N) is 1. The predicted octanol–water partition coefficient (Wildman–Crippen LogP) is 0.448. The summed E-state index contributed by atoms with van der Waals surface area (Å²) in [4.78, 5) is 13.4. The van der Waals surface area contributed by atoms with Gasteiger partial charge in [-0.05, 0) is 19.3 Å². The molecule has 0 saturated heterocycles. The molecule has 1 fully saturated rings. The van der Waals surface area contributed by atoms with Crippen LogP contribution in [0.5, 0.6) is 0 Å². The number of carbonyl (C=O) groups excluding carboxylic acids is 1. The van der Waals surface area contributed by atoms with Crippen LogP contribution in [0.3, 0.4) is 0 Å². The van der Waals surface area contributed by atoms with E-state index >= 15 is 0 Å². The van der Waals surface area contributed by atoms with Crippen LogP contribution in [0.2, 0.25) is 0 Å². The molecule has 1 aliphatic carbocycles. The summed E-state index contributed by atoms with van der Waals surface area (Å²) in [6.45, 7) is 4.64. The third kappa shape index (κ3) is 1.78. The number of rotatable bonds is 3. The fourth-order valence-corrected chi connectivity index (χ4v) is 1.30. The molecule has 1 amide bonds. The van der Waals surface area contributed by atoms with Crippen molar-refractivity contribution in [2.45, 2.75) is 26.3 Å². The zero-order chi connectivity index (χ0) is 9.30. The number of nitrogens with two attached hydrogens (primary N) is 1. The van der Waals surface area contributed by atoms with E-state index in [1.165, 1.54) is 0 Å². The van der Waals surface area contributed by atoms with E-state index in [2.05, 4.69) is 6.92 Å². The van der Waals surface area contributed by atoms with Gasteiger partial charge in [0.2, 0.25) is 5.91 Å². The highest BCUT2D eigenvalue weighted by molar-refractivity contribution is 5.81. The van der Waals surface area contributed by atoms with E-state index in [4.69, 9.17) is 5.73 Å². The smallest absolute Gasteiger partial charge is 0.225 e. The van der Waals surface area contributed by atoms with Crippen LogP contribution < -0.4 is 5.73 Å². The fraction of sp³-hybridized carbons (Fsp3) is 0.889. The maximum atomic E-state index is 11.6. The summed E-state index contributed by atoms with van der Waals surface area (Å²) in [7, 11) is 1.84. The maximum absolute atomic E-state index is 11.6. The van der Waals surface area contributed by atoms with Gasteiger partial charge >= 0.3 is 0 Å². The molecular formula is C9H18N2O. The van der Waals surface area contributed by atoms with Crippen LogP contribution in [0, 0.1) is 11.8 Å². The van der Waals surface area contributed by atoms with Gasteiger partial charge in [0.1, 0.15) is 0 Å². The Labute approximate surface area is 73.9 Å². The van der Waals surface area contributed by atoms with E-state index in [1.54, 1.807) is 4.90 Å². The minimum atomic E-state index is 0.172. The van der Waals surface area contributed by atoms with E-state index in [-0.39, 0.29) is 17.9 Å². The average Bonchev–Trinajstić information content (AvgIpc) is 2.78. The molecule has 0 radical (unpaired) electrons. The van der Waals surface area contributed by atoms with Crippen LogP contribution in [0.15, 0.2) is 0 Å². The molecule has 0 spiro atoms. The van der Waals surface area contributed by atoms with Gasteiger partial charge in [0.05, 0.1) is 0 Å². The molecule has 0 aliphatic heterocycles. The van der Waals surface area contributed by atoms with Gasteiger partial charge in [0.15, 0.2) is 0 Å². The summed E-state index contributed by atoms with van der Waals surface area (Å²) >= 11 is 0. The molecule has 0 heterocycles. The topological polar surface area (TPSA) is 46.3 Å². The number of amides is 1. The number of likely N-dealkylation sites (N-methyl/N-ethyl adjacent to an activating group) is 1. The molecule has 0 aromatic rings. The van der Waals surface area contributed by atoms with Gasteiger partial charge in [0.25, 0.3) is 0 Å². The van der Waals surface area contributed by atoms with Gasteiger partial charge in [-0.3, -0.25) is 4.79 Å². The summed E-state index contributed by atoms with van der Waals surface area (Å²) in [5.41, 5.74) is 5.47. The molecule has 3 heteroatoms. The molecule has 1 rings (SSSR count). The lowest BCUT2D eigenvalue weighted by atomic mass is 10.2. The molecule has 1 aliphatic rings. The second-order valence-corrected chi connectivity index (χ2v) is 3.85. The summed E-state index contributed by atoms with van der Waals surface area (Å²) in [6.07, 6.45) is 1.06. The first-order valence-corrected chi connectivity index (χ1v) is 4.54. The van der Waals surface area contributed by atoms with Gasteiger partial charge in [-0.1, -0.05) is 6.92 Å². The average molecular weight is 170 g/mol. The highest BCUT2D eigenvalue weighted by atomic mass is 16.2. The molecule has 3 nitrogen and oxygen atoms in total. The van der Waals surface area contributed by atoms with Crippen molar-refractivity contribution in [3.05, 3.63) is 0 Å². The van der Waals surface area contributed by atoms with Crippen LogP contribution in [0.25, 0.3) is 0 Å². The quantitative estimate of drug-likeness (QED) is 0.668. The Morgan fingerprint density at radius 2 is 2.25 bits per heavy atom. The second kappa shape index (κ2) is 3.44. The van der Waals surface area contributed by atoms with E-state index in [0.29, 0.717) is 12.5 Å². The minimum absolute atomic E-state index is 0.172. The van der Waals surface area contributed by atoms with E-state index < -0.39 is 0 Å². The monoisotopic (exact) mass is 170 g/mol. The summed E-state index contributed by atoms with van der Waals surface area (Å²) in [5.74, 6) is 1.13. The SMILES string of the molecule is CC1CC1C(=O)N(C)C(C)CN. The van der Waals surface area contributed by atoms with Crippen molar-refractivity contribution in [2.24, 2.45) is 17.6 Å². The van der Waals surface area contributed by atoms with Crippen molar-refractivity contribution in [1.29, 1.82) is 0 Å². The van der Waals surface area contributed by atoms with Crippen molar-refractivity contribution >= 4 is 5.91 Å². The van der Waals surface area contributed by atoms with Gasteiger partial charge in [0, 0.05) is 25.6 Å². The molecule has 0 bridgehead atoms. The first-order chi connectivity index (χ1) is 5.57. The summed E-state index contributed by atoms with van der Waals surface area (Å²) in [6, 6.07) is 0.172. The normalized spacial score (nSPS) is 29.7. The predicted molar refractivity (Wildman–Crippen MR) is 48.6 cm³/mol. The molecule has 3 unspecified atom stereocenters. The third-order valence-corrected chi connectivity index (χ3v) is 2.78. The molecule has 0 aromatic carbocycles. The third-order valence-electron chi connectivity index (χ3n) is 2.78. The lowest BCUT2D eigenvalue weighted by Gasteiger charge is -2.23. The number of hydrogen-bond donors (Lipinski definition) is 1. The van der Waals surface area contributed by atoms with Crippen LogP contribution in [-0.4, -0.2) is 30.4 Å². The summed E-state index contributed by atoms with van der Waals surface area (Å²) < 4.78 is 0. The molecule has 0 aromatic heterocycles. The van der Waals surface area contributed by atoms with Crippen molar-refractivity contribution in [2.75, 3.05) is 13.6 Å². The van der Waals surface area contributed by atoms with Crippen LogP contribution in [0.4, 0.5) is 0 Å². The lowest BCUT2D eigenvalue weighted by Crippen LogP contribution is -2.40. The Hall–Kier alpha value is -0.570. The Morgan fingerprint density at radius 3 is 2.58 bits per heavy atom. The van der Waals surface area contributed by atoms with Crippen molar-refractivity contribution in [1.82, 2.24) is 4.90 Å². The molecule has 70 valence electrons. The van der Waals surface area contributed by atoms with Crippen molar-refractivity contribution in [3.63, 3.8) is 0 Å².